The van der Waals surface area contributed by atoms with Crippen molar-refractivity contribution in [3.05, 3.63) is 212 Å². The first-order valence-corrected chi connectivity index (χ1v) is 34.5. The van der Waals surface area contributed by atoms with Gasteiger partial charge in [0.25, 0.3) is 0 Å². The molecule has 21 aromatic rings. The predicted octanol–water partition coefficient (Wildman–Crippen LogP) is 18.7. The average Bonchev–Trinajstić information content (AvgIpc) is 0.726. The van der Waals surface area contributed by atoms with Crippen molar-refractivity contribution >= 4 is 217 Å². The molecule has 0 aliphatic rings. The molecule has 0 aliphatic carbocycles. The fraction of sp³-hybridized carbons (Fsp3) is 0.138. The van der Waals surface area contributed by atoms with E-state index in [-0.39, 0.29) is 301 Å². The van der Waals surface area contributed by atoms with Crippen molar-refractivity contribution in [2.45, 2.75) is 84.6 Å². The van der Waals surface area contributed by atoms with Crippen LogP contribution in [-0.2, 0) is 262 Å². The fourth-order valence-electron chi connectivity index (χ4n) is 14.0. The van der Waals surface area contributed by atoms with Crippen LogP contribution in [0, 0.1) is 62.3 Å². The number of aryl methyl sites for hydroxylation is 9. The van der Waals surface area contributed by atoms with Gasteiger partial charge in [0.1, 0.15) is 99.3 Å². The second-order valence-electron chi connectivity index (χ2n) is 27.6. The van der Waals surface area contributed by atoms with Crippen LogP contribution in [0.5, 0.6) is 0 Å². The molecule has 564 valence electrons. The molecule has 0 amide bonds. The minimum atomic E-state index is -1.06. The minimum absolute atomic E-state index is 0. The molecule has 9 heterocycles. The van der Waals surface area contributed by atoms with E-state index in [1.807, 2.05) is 75.4 Å². The summed E-state index contributed by atoms with van der Waals surface area (Å²) in [5, 5.41) is 28.3. The third-order valence-electron chi connectivity index (χ3n) is 20.1. The molecule has 0 fully saturated rings. The Bertz CT molecular complexity index is 7390. The Morgan fingerprint density at radius 3 is 0.437 bits per heavy atom. The van der Waals surface area contributed by atoms with E-state index in [0.717, 1.165) is 71.9 Å². The van der Waals surface area contributed by atoms with E-state index in [2.05, 4.69) is 77.9 Å². The SMILES string of the molecule is C.C.C.Cc1cc2nc3c4nc5cc(C)c(C)cc5nc4c4nc5cc(C)c(C)cc5nc4c3nc2cc1C.Cc1ccc2nc3c(nc2c1)c1nc2cc(C(=O)O)ccc2nc1c1nc2ccc(C(=O)O)cc2nc31.Cc1ccc2nc3c4nc5cc(C)ccc5nc4c4nc5cc(C(=O)O)ccc5nc4c3nc2c1.[Y].[Y].[Y].[Y].[Y].[Y].[Y].[Y]. The monoisotopic (exact) mass is 2170 g/mol. The Morgan fingerprint density at radius 1 is 0.176 bits per heavy atom. The topological polar surface area (TPSA) is 344 Å². The van der Waals surface area contributed by atoms with Crippen LogP contribution in [0.25, 0.3) is 199 Å². The molecule has 0 atom stereocenters. The molecular formula is C87H66N18O6Y8. The molecular weight excluding hydrogens is 2100 g/mol. The molecule has 21 rings (SSSR count). The van der Waals surface area contributed by atoms with E-state index < -0.39 is 17.9 Å². The van der Waals surface area contributed by atoms with E-state index in [0.29, 0.717) is 143 Å². The van der Waals surface area contributed by atoms with Gasteiger partial charge in [-0.05, 0) is 240 Å². The third kappa shape index (κ3) is 17.9. The van der Waals surface area contributed by atoms with Gasteiger partial charge in [-0.3, -0.25) is 0 Å². The molecule has 12 aromatic carbocycles. The zero-order valence-electron chi connectivity index (χ0n) is 63.6. The number of aromatic nitrogens is 18. The molecule has 32 heteroatoms. The van der Waals surface area contributed by atoms with Crippen LogP contribution in [0.15, 0.2) is 146 Å². The first kappa shape index (κ1) is 98.7. The van der Waals surface area contributed by atoms with Crippen LogP contribution in [0.4, 0.5) is 0 Å². The van der Waals surface area contributed by atoms with Crippen LogP contribution in [-0.4, -0.2) is 123 Å². The molecule has 0 unspecified atom stereocenters. The van der Waals surface area contributed by atoms with Gasteiger partial charge in [-0.25, -0.2) is 104 Å². The quantitative estimate of drug-likeness (QED) is 0.109. The van der Waals surface area contributed by atoms with Crippen LogP contribution in [0.1, 0.15) is 103 Å². The molecule has 0 saturated heterocycles. The summed E-state index contributed by atoms with van der Waals surface area (Å²) in [4.78, 5) is 123. The van der Waals surface area contributed by atoms with E-state index in [4.69, 9.17) is 89.7 Å². The summed E-state index contributed by atoms with van der Waals surface area (Å²) in [6.45, 7) is 18.6. The second kappa shape index (κ2) is 38.8. The van der Waals surface area contributed by atoms with Crippen molar-refractivity contribution in [2.24, 2.45) is 0 Å². The number of hydrogen-bond donors (Lipinski definition) is 3. The molecule has 8 radical (unpaired) electrons. The van der Waals surface area contributed by atoms with E-state index in [9.17, 15) is 29.7 Å². The zero-order valence-corrected chi connectivity index (χ0v) is 86.3. The van der Waals surface area contributed by atoms with E-state index in [1.165, 1.54) is 69.8 Å². The Hall–Kier alpha value is -5.72. The molecule has 0 spiro atoms. The molecule has 9 aromatic heterocycles. The molecule has 24 nitrogen and oxygen atoms in total. The number of benzene rings is 12. The maximum atomic E-state index is 11.5. The molecule has 119 heavy (non-hydrogen) atoms. The normalized spacial score (nSPS) is 10.9. The molecule has 0 saturated carbocycles. The second-order valence-corrected chi connectivity index (χ2v) is 27.6. The first-order chi connectivity index (χ1) is 52.1. The number of carboxylic acids is 3. The molecule has 0 aliphatic heterocycles. The van der Waals surface area contributed by atoms with Gasteiger partial charge in [0.2, 0.25) is 0 Å². The van der Waals surface area contributed by atoms with Crippen molar-refractivity contribution in [1.82, 2.24) is 89.7 Å². The van der Waals surface area contributed by atoms with Crippen LogP contribution < -0.4 is 0 Å². The predicted molar refractivity (Wildman–Crippen MR) is 438 cm³/mol. The van der Waals surface area contributed by atoms with Crippen LogP contribution in [0.3, 0.4) is 0 Å². The van der Waals surface area contributed by atoms with Crippen molar-refractivity contribution in [1.29, 1.82) is 0 Å². The Kier molecular flexibility index (Phi) is 32.2. The smallest absolute Gasteiger partial charge is 0.335 e. The summed E-state index contributed by atoms with van der Waals surface area (Å²) in [7, 11) is 0. The largest absolute Gasteiger partial charge is 0.478 e. The van der Waals surface area contributed by atoms with Gasteiger partial charge in [-0.2, -0.15) is 0 Å². The van der Waals surface area contributed by atoms with Gasteiger partial charge < -0.3 is 15.3 Å². The Balaban J connectivity index is 0.000000213. The summed E-state index contributed by atoms with van der Waals surface area (Å²) in [6, 6.07) is 43.9. The van der Waals surface area contributed by atoms with Gasteiger partial charge in [0.05, 0.1) is 116 Å². The van der Waals surface area contributed by atoms with E-state index in [1.54, 1.807) is 18.2 Å². The first-order valence-electron chi connectivity index (χ1n) is 34.5. The summed E-state index contributed by atoms with van der Waals surface area (Å²) >= 11 is 0. The Labute approximate surface area is 880 Å². The number of rotatable bonds is 3. The van der Waals surface area contributed by atoms with Crippen molar-refractivity contribution in [3.8, 4) is 0 Å². The van der Waals surface area contributed by atoms with Gasteiger partial charge in [0, 0.05) is 262 Å². The van der Waals surface area contributed by atoms with Crippen molar-refractivity contribution < 1.29 is 291 Å². The molecule has 3 N–H and O–H groups in total. The van der Waals surface area contributed by atoms with Crippen molar-refractivity contribution in [3.63, 3.8) is 0 Å². The maximum Gasteiger partial charge on any atom is 0.335 e. The number of nitrogens with zero attached hydrogens (tertiary/aromatic N) is 18. The number of fused-ring (bicyclic) bond motifs is 27. The molecule has 0 bridgehead atoms. The zero-order chi connectivity index (χ0) is 74.1. The van der Waals surface area contributed by atoms with E-state index >= 15 is 0 Å². The Morgan fingerprint density at radius 2 is 0.294 bits per heavy atom. The van der Waals surface area contributed by atoms with Crippen molar-refractivity contribution in [2.75, 3.05) is 0 Å². The maximum absolute atomic E-state index is 11.5. The fourth-order valence-corrected chi connectivity index (χ4v) is 14.0. The number of carboxylic acid groups (broad SMARTS) is 3. The minimum Gasteiger partial charge on any atom is -0.478 e. The van der Waals surface area contributed by atoms with Crippen LogP contribution >= 0.6 is 0 Å². The summed E-state index contributed by atoms with van der Waals surface area (Å²) in [6.07, 6.45) is 0. The van der Waals surface area contributed by atoms with Gasteiger partial charge in [-0.15, -0.1) is 0 Å². The summed E-state index contributed by atoms with van der Waals surface area (Å²) in [5.41, 5.74) is 33.0. The third-order valence-corrected chi connectivity index (χ3v) is 20.1. The number of carbonyl (C=O) groups is 3. The standard InChI is InChI=1S/C30H24N6.C27H14N6O4.C27H16N6O2.3CH4.8Y/c1-13-7-19-20(8-14(13)2)32-26-25(31-19)27-29(35-22-10-16(4)15(3)9-21(22)33-27)30-28(26)34-23-11-17(5)18(6)12-24(23)36-30;1-11-2-5-14-17(8-11)31-24-22(28-14)23-20(29-15-6-3-12(26(34)35)9-18(15)32-23)21-25(24)33-19-10-13(27(36)37)4-7-16(19)30-21;1-12-3-6-15-18(9-12)32-25-21(28-15)24-22(29-16-7-4-13(2)10-19(16)31-24)26-23(25)30-17-8-5-14(27(34)35)11-20(17)33-26;;;;;;;;;;;/h7-12H,1-6H3;2-10H,1H3,(H,34,35)(H,36,37);3-11H,1-2H3,(H,34,35);3*1H4;;;;;;;;. The van der Waals surface area contributed by atoms with Gasteiger partial charge >= 0.3 is 17.9 Å². The number of hydrogen-bond acceptors (Lipinski definition) is 21. The number of aromatic carboxylic acids is 3. The van der Waals surface area contributed by atoms with Gasteiger partial charge in [0.15, 0.2) is 0 Å². The van der Waals surface area contributed by atoms with Gasteiger partial charge in [-0.1, -0.05) is 40.5 Å². The average molecular weight is 2170 g/mol. The van der Waals surface area contributed by atoms with Crippen LogP contribution in [0.2, 0.25) is 0 Å². The summed E-state index contributed by atoms with van der Waals surface area (Å²) in [5.74, 6) is -3.15. The summed E-state index contributed by atoms with van der Waals surface area (Å²) < 4.78 is 0.